The van der Waals surface area contributed by atoms with Gasteiger partial charge in [0.2, 0.25) is 11.8 Å². The molecular formula is C14H23N5O4. The number of amides is 2. The van der Waals surface area contributed by atoms with Crippen molar-refractivity contribution in [2.75, 3.05) is 26.7 Å². The van der Waals surface area contributed by atoms with E-state index in [-0.39, 0.29) is 24.1 Å². The van der Waals surface area contributed by atoms with E-state index in [0.29, 0.717) is 32.5 Å². The predicted octanol–water partition coefficient (Wildman–Crippen LogP) is -0.170. The van der Waals surface area contributed by atoms with Crippen LogP contribution in [0, 0.1) is 0 Å². The molecule has 1 aromatic rings. The summed E-state index contributed by atoms with van der Waals surface area (Å²) in [5, 5.41) is 9.98. The first-order valence-electron chi connectivity index (χ1n) is 7.54. The Balaban J connectivity index is 2.28. The molecule has 0 radical (unpaired) electrons. The fourth-order valence-corrected chi connectivity index (χ4v) is 1.98. The smallest absolute Gasteiger partial charge is 0.360 e. The third kappa shape index (κ3) is 6.05. The molecule has 0 saturated heterocycles. The highest BCUT2D eigenvalue weighted by Gasteiger charge is 2.12. The lowest BCUT2D eigenvalue weighted by Gasteiger charge is -2.18. The predicted molar refractivity (Wildman–Crippen MR) is 81.5 cm³/mol. The molecule has 23 heavy (non-hydrogen) atoms. The lowest BCUT2D eigenvalue weighted by molar-refractivity contribution is -0.131. The molecule has 128 valence electrons. The van der Waals surface area contributed by atoms with Crippen molar-refractivity contribution in [2.24, 2.45) is 0 Å². The number of nitrogens with one attached hydrogen (secondary N) is 1. The summed E-state index contributed by atoms with van der Waals surface area (Å²) < 4.78 is 5.76. The Kier molecular flexibility index (Phi) is 7.72. The van der Waals surface area contributed by atoms with Crippen molar-refractivity contribution in [1.82, 2.24) is 25.2 Å². The topological polar surface area (TPSA) is 106 Å². The number of ether oxygens (including phenoxy) is 1. The molecule has 0 spiro atoms. The summed E-state index contributed by atoms with van der Waals surface area (Å²) in [6.45, 7) is 5.61. The van der Waals surface area contributed by atoms with E-state index >= 15 is 0 Å². The molecule has 0 atom stereocenters. The third-order valence-electron chi connectivity index (χ3n) is 3.24. The van der Waals surface area contributed by atoms with Gasteiger partial charge in [-0.05, 0) is 20.3 Å². The number of methoxy groups -OCH3 is 1. The number of nitrogens with zero attached hydrogens (tertiary/aromatic N) is 4. The molecule has 0 saturated carbocycles. The fraction of sp³-hybridized carbons (Fsp3) is 0.643. The van der Waals surface area contributed by atoms with Crippen molar-refractivity contribution in [1.29, 1.82) is 0 Å². The minimum atomic E-state index is -0.605. The third-order valence-corrected chi connectivity index (χ3v) is 3.24. The zero-order valence-corrected chi connectivity index (χ0v) is 13.7. The molecular weight excluding hydrogens is 302 g/mol. The maximum absolute atomic E-state index is 11.8. The normalized spacial score (nSPS) is 10.2. The number of esters is 1. The van der Waals surface area contributed by atoms with Crippen molar-refractivity contribution in [2.45, 2.75) is 33.2 Å². The van der Waals surface area contributed by atoms with Crippen LogP contribution in [0.3, 0.4) is 0 Å². The highest BCUT2D eigenvalue weighted by Crippen LogP contribution is 1.98. The summed E-state index contributed by atoms with van der Waals surface area (Å²) in [7, 11) is 1.24. The Morgan fingerprint density at radius 2 is 2.00 bits per heavy atom. The van der Waals surface area contributed by atoms with Crippen LogP contribution < -0.4 is 5.32 Å². The van der Waals surface area contributed by atoms with Crippen LogP contribution in [0.5, 0.6) is 0 Å². The Labute approximate surface area is 135 Å². The van der Waals surface area contributed by atoms with Gasteiger partial charge in [-0.25, -0.2) is 9.48 Å². The largest absolute Gasteiger partial charge is 0.464 e. The zero-order chi connectivity index (χ0) is 17.2. The number of aromatic nitrogens is 3. The first kappa shape index (κ1) is 18.6. The van der Waals surface area contributed by atoms with Crippen molar-refractivity contribution in [3.63, 3.8) is 0 Å². The first-order chi connectivity index (χ1) is 11.0. The second kappa shape index (κ2) is 9.54. The van der Waals surface area contributed by atoms with Gasteiger partial charge in [0.1, 0.15) is 6.54 Å². The summed E-state index contributed by atoms with van der Waals surface area (Å²) in [5.41, 5.74) is 0.0464. The van der Waals surface area contributed by atoms with Crippen LogP contribution >= 0.6 is 0 Å². The molecule has 9 heteroatoms. The molecule has 0 unspecified atom stereocenters. The second-order valence-electron chi connectivity index (χ2n) is 4.81. The maximum atomic E-state index is 11.8. The molecule has 0 fully saturated rings. The average molecular weight is 325 g/mol. The molecule has 9 nitrogen and oxygen atoms in total. The van der Waals surface area contributed by atoms with Crippen LogP contribution in [-0.2, 0) is 20.9 Å². The lowest BCUT2D eigenvalue weighted by atomic mass is 10.2. The highest BCUT2D eigenvalue weighted by molar-refractivity contribution is 5.86. The van der Waals surface area contributed by atoms with Gasteiger partial charge in [0.25, 0.3) is 0 Å². The van der Waals surface area contributed by atoms with Crippen LogP contribution in [0.15, 0.2) is 6.20 Å². The van der Waals surface area contributed by atoms with E-state index in [0.717, 1.165) is 0 Å². The van der Waals surface area contributed by atoms with Gasteiger partial charge in [-0.1, -0.05) is 5.21 Å². The highest BCUT2D eigenvalue weighted by atomic mass is 16.5. The average Bonchev–Trinajstić information content (AvgIpc) is 3.00. The molecule has 0 aliphatic carbocycles. The van der Waals surface area contributed by atoms with E-state index in [1.807, 2.05) is 13.8 Å². The molecule has 1 rings (SSSR count). The van der Waals surface area contributed by atoms with Gasteiger partial charge >= 0.3 is 5.97 Å². The second-order valence-corrected chi connectivity index (χ2v) is 4.81. The van der Waals surface area contributed by atoms with E-state index in [4.69, 9.17) is 0 Å². The van der Waals surface area contributed by atoms with Gasteiger partial charge in [-0.2, -0.15) is 0 Å². The Hall–Kier alpha value is -2.45. The summed E-state index contributed by atoms with van der Waals surface area (Å²) in [5.74, 6) is -0.781. The summed E-state index contributed by atoms with van der Waals surface area (Å²) in [4.78, 5) is 36.5. The van der Waals surface area contributed by atoms with E-state index in [1.54, 1.807) is 4.90 Å². The van der Waals surface area contributed by atoms with Crippen molar-refractivity contribution in [3.8, 4) is 0 Å². The van der Waals surface area contributed by atoms with Gasteiger partial charge < -0.3 is 15.0 Å². The maximum Gasteiger partial charge on any atom is 0.360 e. The minimum absolute atomic E-state index is 0.0464. The van der Waals surface area contributed by atoms with Gasteiger partial charge in [0, 0.05) is 26.1 Å². The van der Waals surface area contributed by atoms with Gasteiger partial charge in [-0.3, -0.25) is 9.59 Å². The lowest BCUT2D eigenvalue weighted by Crippen LogP contribution is -2.32. The van der Waals surface area contributed by atoms with E-state index < -0.39 is 5.97 Å². The summed E-state index contributed by atoms with van der Waals surface area (Å²) in [6, 6.07) is 0. The van der Waals surface area contributed by atoms with E-state index in [9.17, 15) is 14.4 Å². The van der Waals surface area contributed by atoms with E-state index in [1.165, 1.54) is 18.0 Å². The van der Waals surface area contributed by atoms with Crippen LogP contribution in [0.4, 0.5) is 0 Å². The van der Waals surface area contributed by atoms with Gasteiger partial charge in [0.05, 0.1) is 13.3 Å². The van der Waals surface area contributed by atoms with Crippen LogP contribution in [0.2, 0.25) is 0 Å². The van der Waals surface area contributed by atoms with Crippen molar-refractivity contribution in [3.05, 3.63) is 11.9 Å². The van der Waals surface area contributed by atoms with Crippen LogP contribution in [-0.4, -0.2) is 64.4 Å². The standard InChI is InChI=1S/C14H23N5O4/c1-4-18(5-2)13(21)7-6-8-15-12(20)10-19-9-11(16-17-19)14(22)23-3/h9H,4-8,10H2,1-3H3,(H,15,20). The first-order valence-corrected chi connectivity index (χ1v) is 7.54. The Bertz CT molecular complexity index is 539. The molecule has 1 aromatic heterocycles. The SMILES string of the molecule is CCN(CC)C(=O)CCCNC(=O)Cn1cc(C(=O)OC)nn1. The monoisotopic (exact) mass is 325 g/mol. The zero-order valence-electron chi connectivity index (χ0n) is 13.7. The molecule has 0 aromatic carbocycles. The van der Waals surface area contributed by atoms with E-state index in [2.05, 4.69) is 20.4 Å². The fourth-order valence-electron chi connectivity index (χ4n) is 1.98. The number of rotatable bonds is 9. The molecule has 0 aliphatic heterocycles. The van der Waals surface area contributed by atoms with Crippen molar-refractivity contribution >= 4 is 17.8 Å². The summed E-state index contributed by atoms with van der Waals surface area (Å²) in [6.07, 6.45) is 2.32. The van der Waals surface area contributed by atoms with Crippen LogP contribution in [0.25, 0.3) is 0 Å². The number of carbonyl (C=O) groups is 3. The molecule has 0 aliphatic rings. The minimum Gasteiger partial charge on any atom is -0.464 e. The quantitative estimate of drug-likeness (QED) is 0.499. The number of carbonyl (C=O) groups excluding carboxylic acids is 3. The summed E-state index contributed by atoms with van der Waals surface area (Å²) >= 11 is 0. The Morgan fingerprint density at radius 3 is 2.61 bits per heavy atom. The Morgan fingerprint density at radius 1 is 1.30 bits per heavy atom. The molecule has 1 heterocycles. The van der Waals surface area contributed by atoms with Gasteiger partial charge in [0.15, 0.2) is 5.69 Å². The number of hydrogen-bond donors (Lipinski definition) is 1. The van der Waals surface area contributed by atoms with Crippen LogP contribution in [0.1, 0.15) is 37.2 Å². The van der Waals surface area contributed by atoms with Crippen molar-refractivity contribution < 1.29 is 19.1 Å². The molecule has 0 bridgehead atoms. The molecule has 2 amide bonds. The number of hydrogen-bond acceptors (Lipinski definition) is 6. The molecule has 1 N–H and O–H groups in total. The van der Waals surface area contributed by atoms with Gasteiger partial charge in [-0.15, -0.1) is 5.10 Å².